The van der Waals surface area contributed by atoms with Gasteiger partial charge in [-0.05, 0) is 33.3 Å². The third-order valence-corrected chi connectivity index (χ3v) is 3.12. The van der Waals surface area contributed by atoms with Crippen LogP contribution in [-0.4, -0.2) is 39.5 Å². The molecule has 0 fully saturated rings. The number of hydrogen-bond acceptors (Lipinski definition) is 5. The highest BCUT2D eigenvalue weighted by molar-refractivity contribution is 7.80. The van der Waals surface area contributed by atoms with Crippen LogP contribution in [0.15, 0.2) is 0 Å². The molecule has 0 saturated carbocycles. The summed E-state index contributed by atoms with van der Waals surface area (Å²) in [6, 6.07) is 0.182. The molecule has 0 saturated heterocycles. The number of aryl methyl sites for hydroxylation is 1. The van der Waals surface area contributed by atoms with Gasteiger partial charge in [-0.1, -0.05) is 12.2 Å². The zero-order valence-electron chi connectivity index (χ0n) is 11.3. The van der Waals surface area contributed by atoms with Crippen LogP contribution < -0.4 is 10.6 Å². The highest BCUT2D eigenvalue weighted by Gasteiger charge is 2.20. The van der Waals surface area contributed by atoms with Crippen LogP contribution in [0.1, 0.15) is 30.7 Å². The van der Waals surface area contributed by atoms with Gasteiger partial charge in [0.2, 0.25) is 0 Å². The van der Waals surface area contributed by atoms with Crippen molar-refractivity contribution in [3.05, 3.63) is 16.8 Å². The number of aliphatic hydroxyl groups is 1. The summed E-state index contributed by atoms with van der Waals surface area (Å²) in [6.07, 6.45) is 0. The highest BCUT2D eigenvalue weighted by Crippen LogP contribution is 2.23. The normalized spacial score (nSPS) is 10.8. The van der Waals surface area contributed by atoms with Crippen LogP contribution in [0.3, 0.4) is 0 Å². The van der Waals surface area contributed by atoms with Gasteiger partial charge in [-0.15, -0.1) is 5.10 Å². The molecule has 0 unspecified atom stereocenters. The van der Waals surface area contributed by atoms with Crippen molar-refractivity contribution in [1.82, 2.24) is 10.2 Å². The summed E-state index contributed by atoms with van der Waals surface area (Å²) in [4.78, 5) is 2.26. The molecule has 18 heavy (non-hydrogen) atoms. The van der Waals surface area contributed by atoms with E-state index in [0.717, 1.165) is 16.8 Å². The predicted octanol–water partition coefficient (Wildman–Crippen LogP) is 0.935. The van der Waals surface area contributed by atoms with Crippen LogP contribution in [0.2, 0.25) is 0 Å². The molecular formula is C12H20N4OS. The van der Waals surface area contributed by atoms with Gasteiger partial charge in [0, 0.05) is 12.6 Å². The largest absolute Gasteiger partial charge is 0.395 e. The zero-order chi connectivity index (χ0) is 13.9. The fourth-order valence-electron chi connectivity index (χ4n) is 1.81. The van der Waals surface area contributed by atoms with E-state index in [9.17, 15) is 0 Å². The van der Waals surface area contributed by atoms with Crippen molar-refractivity contribution in [2.75, 3.05) is 18.1 Å². The number of hydrogen-bond donors (Lipinski definition) is 2. The Hall–Kier alpha value is -1.27. The van der Waals surface area contributed by atoms with Crippen molar-refractivity contribution < 1.29 is 5.11 Å². The molecule has 1 aromatic heterocycles. The molecule has 1 rings (SSSR count). The number of nitrogens with zero attached hydrogens (tertiary/aromatic N) is 3. The predicted molar refractivity (Wildman–Crippen MR) is 77.0 cm³/mol. The lowest BCUT2D eigenvalue weighted by molar-refractivity contribution is 0.298. The molecule has 0 atom stereocenters. The number of anilines is 1. The summed E-state index contributed by atoms with van der Waals surface area (Å²) < 4.78 is 0. The van der Waals surface area contributed by atoms with Crippen molar-refractivity contribution in [2.45, 2.75) is 33.7 Å². The molecule has 0 aliphatic rings. The lowest BCUT2D eigenvalue weighted by Crippen LogP contribution is -2.36. The van der Waals surface area contributed by atoms with Crippen molar-refractivity contribution in [3.8, 4) is 0 Å². The molecule has 5 nitrogen and oxygen atoms in total. The molecule has 0 radical (unpaired) electrons. The van der Waals surface area contributed by atoms with Gasteiger partial charge >= 0.3 is 0 Å². The standard InChI is InChI=1S/C12H20N4OS/c1-7(2)16(5-6-17)12-10(11(13)18)8(3)9(4)14-15-12/h7,17H,5-6H2,1-4H3,(H2,13,18). The second-order valence-corrected chi connectivity index (χ2v) is 4.92. The van der Waals surface area contributed by atoms with Gasteiger partial charge in [0.1, 0.15) is 4.99 Å². The van der Waals surface area contributed by atoms with Crippen molar-refractivity contribution in [2.24, 2.45) is 5.73 Å². The van der Waals surface area contributed by atoms with Gasteiger partial charge < -0.3 is 15.7 Å². The maximum Gasteiger partial charge on any atom is 0.162 e. The van der Waals surface area contributed by atoms with Crippen LogP contribution in [-0.2, 0) is 0 Å². The second-order valence-electron chi connectivity index (χ2n) is 4.48. The number of nitrogens with two attached hydrogens (primary N) is 1. The average molecular weight is 268 g/mol. The lowest BCUT2D eigenvalue weighted by atomic mass is 10.1. The van der Waals surface area contributed by atoms with Crippen LogP contribution in [0.25, 0.3) is 0 Å². The van der Waals surface area contributed by atoms with Crippen molar-refractivity contribution >= 4 is 23.0 Å². The van der Waals surface area contributed by atoms with E-state index >= 15 is 0 Å². The molecule has 0 bridgehead atoms. The summed E-state index contributed by atoms with van der Waals surface area (Å²) in [5.74, 6) is 0.648. The molecule has 0 spiro atoms. The maximum absolute atomic E-state index is 9.15. The first-order chi connectivity index (χ1) is 8.40. The van der Waals surface area contributed by atoms with Crippen LogP contribution in [0.4, 0.5) is 5.82 Å². The van der Waals surface area contributed by atoms with Gasteiger partial charge in [0.15, 0.2) is 5.82 Å². The first-order valence-electron chi connectivity index (χ1n) is 5.91. The smallest absolute Gasteiger partial charge is 0.162 e. The van der Waals surface area contributed by atoms with Crippen molar-refractivity contribution in [3.63, 3.8) is 0 Å². The van der Waals surface area contributed by atoms with Crippen molar-refractivity contribution in [1.29, 1.82) is 0 Å². The Morgan fingerprint density at radius 2 is 2.00 bits per heavy atom. The minimum absolute atomic E-state index is 0.0452. The van der Waals surface area contributed by atoms with Gasteiger partial charge in [0.05, 0.1) is 17.9 Å². The Morgan fingerprint density at radius 1 is 1.39 bits per heavy atom. The third-order valence-electron chi connectivity index (χ3n) is 2.92. The fourth-order valence-corrected chi connectivity index (χ4v) is 2.05. The Labute approximate surface area is 113 Å². The van der Waals surface area contributed by atoms with E-state index in [1.807, 2.05) is 32.6 Å². The molecule has 100 valence electrons. The lowest BCUT2D eigenvalue weighted by Gasteiger charge is -2.29. The van der Waals surface area contributed by atoms with E-state index in [-0.39, 0.29) is 12.6 Å². The number of rotatable bonds is 5. The van der Waals surface area contributed by atoms with E-state index in [4.69, 9.17) is 23.1 Å². The highest BCUT2D eigenvalue weighted by atomic mass is 32.1. The van der Waals surface area contributed by atoms with E-state index in [1.165, 1.54) is 0 Å². The first kappa shape index (κ1) is 14.8. The van der Waals surface area contributed by atoms with E-state index < -0.39 is 0 Å². The maximum atomic E-state index is 9.15. The fraction of sp³-hybridized carbons (Fsp3) is 0.583. The summed E-state index contributed by atoms with van der Waals surface area (Å²) in [6.45, 7) is 8.37. The van der Waals surface area contributed by atoms with Gasteiger partial charge in [-0.3, -0.25) is 0 Å². The van der Waals surface area contributed by atoms with Crippen LogP contribution in [0, 0.1) is 13.8 Å². The molecule has 1 heterocycles. The molecular weight excluding hydrogens is 248 g/mol. The molecule has 6 heteroatoms. The quantitative estimate of drug-likeness (QED) is 0.774. The van der Waals surface area contributed by atoms with Crippen LogP contribution >= 0.6 is 12.2 Å². The summed E-state index contributed by atoms with van der Waals surface area (Å²) >= 11 is 5.11. The second kappa shape index (κ2) is 6.06. The van der Waals surface area contributed by atoms with Gasteiger partial charge in [0.25, 0.3) is 0 Å². The zero-order valence-corrected chi connectivity index (χ0v) is 12.1. The molecule has 0 aliphatic heterocycles. The topological polar surface area (TPSA) is 75.3 Å². The van der Waals surface area contributed by atoms with Gasteiger partial charge in [-0.2, -0.15) is 5.10 Å². The molecule has 1 aromatic rings. The molecule has 3 N–H and O–H groups in total. The molecule has 0 aliphatic carbocycles. The molecule has 0 amide bonds. The van der Waals surface area contributed by atoms with E-state index in [2.05, 4.69) is 10.2 Å². The Balaban J connectivity index is 3.38. The summed E-state index contributed by atoms with van der Waals surface area (Å²) in [5, 5.41) is 17.5. The Kier molecular flexibility index (Phi) is 4.98. The monoisotopic (exact) mass is 268 g/mol. The van der Waals surface area contributed by atoms with E-state index in [0.29, 0.717) is 17.4 Å². The molecule has 0 aromatic carbocycles. The Morgan fingerprint density at radius 3 is 2.44 bits per heavy atom. The summed E-state index contributed by atoms with van der Waals surface area (Å²) in [7, 11) is 0. The SMILES string of the molecule is Cc1nnc(N(CCO)C(C)C)c(C(N)=S)c1C. The first-order valence-corrected chi connectivity index (χ1v) is 6.32. The minimum atomic E-state index is 0.0452. The van der Waals surface area contributed by atoms with Gasteiger partial charge in [-0.25, -0.2) is 0 Å². The number of aromatic nitrogens is 2. The minimum Gasteiger partial charge on any atom is -0.395 e. The van der Waals surface area contributed by atoms with Crippen LogP contribution in [0.5, 0.6) is 0 Å². The third kappa shape index (κ3) is 2.94. The summed E-state index contributed by atoms with van der Waals surface area (Å²) in [5.41, 5.74) is 8.30. The number of aliphatic hydroxyl groups excluding tert-OH is 1. The number of thiocarbonyl (C=S) groups is 1. The van der Waals surface area contributed by atoms with E-state index in [1.54, 1.807) is 0 Å². The average Bonchev–Trinajstić information content (AvgIpc) is 2.28. The Bertz CT molecular complexity index is 448.